The van der Waals surface area contributed by atoms with E-state index in [0.29, 0.717) is 28.0 Å². The van der Waals surface area contributed by atoms with Gasteiger partial charge in [-0.05, 0) is 155 Å². The van der Waals surface area contributed by atoms with Crippen LogP contribution in [0.3, 0.4) is 0 Å². The zero-order chi connectivity index (χ0) is 65.8. The van der Waals surface area contributed by atoms with Crippen LogP contribution < -0.4 is 18.9 Å². The fraction of sp³-hybridized carbons (Fsp3) is 0.205. The predicted octanol–water partition coefficient (Wildman–Crippen LogP) is 21.9. The average molecular weight is 1220 g/mol. The summed E-state index contributed by atoms with van der Waals surface area (Å²) in [6, 6.07) is 69.3. The summed E-state index contributed by atoms with van der Waals surface area (Å²) in [4.78, 5) is 25.5. The Morgan fingerprint density at radius 3 is 0.856 bits per heavy atom. The van der Waals surface area contributed by atoms with E-state index in [1.807, 2.05) is 154 Å². The lowest BCUT2D eigenvalue weighted by molar-refractivity contribution is -0.288. The van der Waals surface area contributed by atoms with Crippen LogP contribution >= 0.6 is 0 Å². The molecule has 0 aromatic heterocycles. The summed E-state index contributed by atoms with van der Waals surface area (Å²) < 4.78 is 108. The van der Waals surface area contributed by atoms with Crippen LogP contribution in [0.25, 0.3) is 11.1 Å². The number of ketones is 2. The van der Waals surface area contributed by atoms with Crippen LogP contribution in [0.15, 0.2) is 243 Å². The highest BCUT2D eigenvalue weighted by Gasteiger charge is 2.72. The van der Waals surface area contributed by atoms with E-state index >= 15 is 0 Å². The smallest absolute Gasteiger partial charge is 0.411 e. The second-order valence-corrected chi connectivity index (χ2v) is 19.7. The highest BCUT2D eigenvalue weighted by molar-refractivity contribution is 6.09. The molecule has 0 saturated heterocycles. The summed E-state index contributed by atoms with van der Waals surface area (Å²) in [6.45, 7) is 19.9. The van der Waals surface area contributed by atoms with Crippen molar-refractivity contribution in [2.75, 3.05) is 14.2 Å². The third kappa shape index (κ3) is 14.7. The number of carbonyl (C=O) groups is 2. The van der Waals surface area contributed by atoms with Crippen LogP contribution in [-0.4, -0.2) is 38.1 Å². The third-order valence-corrected chi connectivity index (χ3v) is 14.8. The number of fused-ring (bicyclic) bond motifs is 3. The van der Waals surface area contributed by atoms with Crippen molar-refractivity contribution < 1.29 is 54.9 Å². The van der Waals surface area contributed by atoms with Crippen molar-refractivity contribution in [1.29, 1.82) is 0 Å². The van der Waals surface area contributed by atoms with E-state index < -0.39 is 34.3 Å². The zero-order valence-electron chi connectivity index (χ0n) is 52.8. The van der Waals surface area contributed by atoms with Crippen molar-refractivity contribution in [3.8, 4) is 45.6 Å². The fourth-order valence-electron chi connectivity index (χ4n) is 10.6. The molecule has 0 amide bonds. The van der Waals surface area contributed by atoms with Gasteiger partial charge in [-0.1, -0.05) is 212 Å². The first-order chi connectivity index (χ1) is 43.4. The van der Waals surface area contributed by atoms with E-state index in [0.717, 1.165) is 76.7 Å². The van der Waals surface area contributed by atoms with Gasteiger partial charge in [-0.25, -0.2) is 0 Å². The number of rotatable bonds is 14. The monoisotopic (exact) mass is 1220 g/mol. The largest absolute Gasteiger partial charge is 0.497 e. The van der Waals surface area contributed by atoms with Gasteiger partial charge in [0, 0.05) is 22.3 Å². The molecule has 0 N–H and O–H groups in total. The molecule has 0 unspecified atom stereocenters. The molecular weight excluding hydrogens is 1150 g/mol. The van der Waals surface area contributed by atoms with Crippen molar-refractivity contribution in [2.45, 2.75) is 92.4 Å². The molecule has 466 valence electrons. The molecule has 0 atom stereocenters. The predicted molar refractivity (Wildman–Crippen MR) is 350 cm³/mol. The minimum Gasteiger partial charge on any atom is -0.497 e. The third-order valence-electron chi connectivity index (χ3n) is 14.8. The lowest BCUT2D eigenvalue weighted by Gasteiger charge is -2.38. The van der Waals surface area contributed by atoms with Crippen molar-refractivity contribution in [1.82, 2.24) is 0 Å². The second kappa shape index (κ2) is 31.5. The van der Waals surface area contributed by atoms with Crippen molar-refractivity contribution in [3.63, 3.8) is 0 Å². The zero-order valence-corrected chi connectivity index (χ0v) is 52.8. The number of hydrogen-bond donors (Lipinski definition) is 0. The first kappa shape index (κ1) is 69.4. The van der Waals surface area contributed by atoms with Gasteiger partial charge >= 0.3 is 12.4 Å². The number of alkyl halides is 6. The van der Waals surface area contributed by atoms with Crippen LogP contribution in [0, 0.1) is 13.8 Å². The second-order valence-electron chi connectivity index (χ2n) is 19.7. The molecule has 0 saturated carbocycles. The van der Waals surface area contributed by atoms with Gasteiger partial charge in [-0.3, -0.25) is 9.59 Å². The van der Waals surface area contributed by atoms with Crippen LogP contribution in [0.2, 0.25) is 0 Å². The molecule has 0 radical (unpaired) electrons. The summed E-state index contributed by atoms with van der Waals surface area (Å²) >= 11 is 0. The number of aryl methyl sites for hydroxylation is 2. The number of halogens is 6. The lowest BCUT2D eigenvalue weighted by Crippen LogP contribution is -2.54. The molecule has 10 aromatic rings. The van der Waals surface area contributed by atoms with Crippen LogP contribution in [0.4, 0.5) is 26.3 Å². The first-order valence-electron chi connectivity index (χ1n) is 30.1. The van der Waals surface area contributed by atoms with Gasteiger partial charge in [0.15, 0.2) is 11.6 Å². The summed E-state index contributed by atoms with van der Waals surface area (Å²) in [5, 5.41) is 0. The Balaban J connectivity index is 0.000000259. The van der Waals surface area contributed by atoms with Crippen LogP contribution in [0.1, 0.15) is 132 Å². The van der Waals surface area contributed by atoms with E-state index in [2.05, 4.69) is 72.8 Å². The number of ether oxygens (including phenoxy) is 4. The molecule has 10 aromatic carbocycles. The van der Waals surface area contributed by atoms with Gasteiger partial charge in [0.2, 0.25) is 5.41 Å². The number of benzene rings is 10. The van der Waals surface area contributed by atoms with Crippen LogP contribution in [0.5, 0.6) is 34.5 Å². The van der Waals surface area contributed by atoms with E-state index in [1.54, 1.807) is 19.2 Å². The maximum atomic E-state index is 14.3. The van der Waals surface area contributed by atoms with E-state index in [1.165, 1.54) is 59.2 Å². The molecule has 0 heterocycles. The van der Waals surface area contributed by atoms with Crippen LogP contribution in [-0.2, 0) is 10.8 Å². The molecule has 0 bridgehead atoms. The molecule has 1 aliphatic carbocycles. The first-order valence-corrected chi connectivity index (χ1v) is 30.1. The van der Waals surface area contributed by atoms with E-state index in [-0.39, 0.29) is 28.8 Å². The normalized spacial score (nSPS) is 11.6. The van der Waals surface area contributed by atoms with Crippen molar-refractivity contribution in [3.05, 3.63) is 309 Å². The Morgan fingerprint density at radius 1 is 0.322 bits per heavy atom. The van der Waals surface area contributed by atoms with E-state index in [9.17, 15) is 35.9 Å². The average Bonchev–Trinajstić information content (AvgIpc) is 1.43. The molecule has 1 aliphatic rings. The quantitative estimate of drug-likeness (QED) is 0.0798. The Labute approximate surface area is 525 Å². The highest BCUT2D eigenvalue weighted by atomic mass is 19.4. The standard InChI is InChI=1S/C40H30O3.C30H22F6O3.4C2H6/c1-27-11-13-28(14-12-27)39(41)29-15-21-33(22-16-29)43-34-25-19-31(20-26-34)40(30-17-23-32(42-2)24-18-30)37-9-5-3-7-35(37)36-8-4-6-10-38(36)40;1-19-3-5-20(6-4-19)27(37)21-7-13-25(14-8-21)39-26-17-11-23(12-18-26)28(29(31,32)33,30(34,35)36)22-9-15-24(38-2)16-10-22;4*1-2/h3-26H,1-2H3;3-18H,1-2H3;4*1-2H3. The minimum absolute atomic E-state index is 0.00291. The Bertz CT molecular complexity index is 3800. The number of hydrogen-bond acceptors (Lipinski definition) is 6. The minimum atomic E-state index is -5.71. The van der Waals surface area contributed by atoms with E-state index in [4.69, 9.17) is 18.9 Å². The maximum Gasteiger partial charge on any atom is 0.411 e. The molecular formula is C78H76F6O6. The SMILES string of the molecule is CC.CC.CC.CC.COc1ccc(C(c2ccc(Oc3ccc(C(=O)c4ccc(C)cc4)cc3)cc2)(C(F)(F)F)C(F)(F)F)cc1.COc1ccc(C2(c3ccc(Oc4ccc(C(=O)c5ccc(C)cc5)cc4)cc3)c3ccccc3-c3ccccc32)cc1. The number of carbonyl (C=O) groups excluding carboxylic acids is 2. The molecule has 12 heteroatoms. The molecule has 0 aliphatic heterocycles. The van der Waals surface area contributed by atoms with Gasteiger partial charge in [-0.15, -0.1) is 0 Å². The van der Waals surface area contributed by atoms with Crippen molar-refractivity contribution in [2.24, 2.45) is 0 Å². The molecule has 6 nitrogen and oxygen atoms in total. The number of methoxy groups -OCH3 is 2. The van der Waals surface area contributed by atoms with Gasteiger partial charge in [0.05, 0.1) is 19.6 Å². The molecule has 0 spiro atoms. The van der Waals surface area contributed by atoms with Gasteiger partial charge in [0.1, 0.15) is 34.5 Å². The molecule has 11 rings (SSSR count). The van der Waals surface area contributed by atoms with Crippen molar-refractivity contribution >= 4 is 11.6 Å². The lowest BCUT2D eigenvalue weighted by atomic mass is 9.68. The maximum absolute atomic E-state index is 14.3. The summed E-state index contributed by atoms with van der Waals surface area (Å²) in [7, 11) is 2.95. The molecule has 0 fully saturated rings. The topological polar surface area (TPSA) is 71.1 Å². The summed E-state index contributed by atoms with van der Waals surface area (Å²) in [5.74, 6) is 2.40. The fourth-order valence-corrected chi connectivity index (χ4v) is 10.6. The highest BCUT2D eigenvalue weighted by Crippen LogP contribution is 2.58. The summed E-state index contributed by atoms with van der Waals surface area (Å²) in [5.41, 5.74) is 4.88. The van der Waals surface area contributed by atoms with Gasteiger partial charge in [0.25, 0.3) is 0 Å². The Kier molecular flexibility index (Phi) is 24.3. The van der Waals surface area contributed by atoms with Gasteiger partial charge < -0.3 is 18.9 Å². The Morgan fingerprint density at radius 2 is 0.567 bits per heavy atom. The molecule has 90 heavy (non-hydrogen) atoms. The Hall–Kier alpha value is -9.68. The summed E-state index contributed by atoms with van der Waals surface area (Å²) in [6.07, 6.45) is -11.4. The van der Waals surface area contributed by atoms with Gasteiger partial charge in [-0.2, -0.15) is 26.3 Å².